The second-order valence-electron chi connectivity index (χ2n) is 4.33. The number of carbonyl (C=O) groups is 1. The molecule has 5 nitrogen and oxygen atoms in total. The number of aromatic nitrogens is 2. The van der Waals surface area contributed by atoms with Crippen molar-refractivity contribution in [1.82, 2.24) is 15.3 Å². The molecule has 3 aromatic rings. The van der Waals surface area contributed by atoms with Crippen LogP contribution >= 0.6 is 23.2 Å². The van der Waals surface area contributed by atoms with Gasteiger partial charge in [-0.05, 0) is 0 Å². The van der Waals surface area contributed by atoms with Crippen LogP contribution < -0.4 is 10.1 Å². The highest BCUT2D eigenvalue weighted by Gasteiger charge is 2.22. The van der Waals surface area contributed by atoms with Gasteiger partial charge in [-0.3, -0.25) is 0 Å². The highest BCUT2D eigenvalue weighted by molar-refractivity contribution is 6.46. The van der Waals surface area contributed by atoms with Crippen LogP contribution in [-0.4, -0.2) is 23.1 Å². The maximum atomic E-state index is 14.2. The molecule has 2 aromatic heterocycles. The largest absolute Gasteiger partial charge is 0.412 e. The molecule has 1 aromatic carbocycles. The summed E-state index contributed by atoms with van der Waals surface area (Å²) in [4.78, 5) is 18.1. The minimum absolute atomic E-state index is 0.0216. The fourth-order valence-electron chi connectivity index (χ4n) is 2.10. The number of nitrogens with zero attached hydrogens (tertiary/aromatic N) is 1. The number of aromatic amines is 1. The molecule has 2 heterocycles. The van der Waals surface area contributed by atoms with Crippen LogP contribution in [0.1, 0.15) is 0 Å². The first kappa shape index (κ1) is 14.8. The Morgan fingerprint density at radius 2 is 2.09 bits per heavy atom. The molecule has 0 spiro atoms. The highest BCUT2D eigenvalue weighted by Crippen LogP contribution is 2.39. The Balaban J connectivity index is 2.43. The number of H-pyrrole nitrogens is 1. The lowest BCUT2D eigenvalue weighted by Gasteiger charge is -2.06. The van der Waals surface area contributed by atoms with E-state index in [-0.39, 0.29) is 37.7 Å². The van der Waals surface area contributed by atoms with E-state index in [1.807, 2.05) is 0 Å². The van der Waals surface area contributed by atoms with E-state index in [1.54, 1.807) is 0 Å². The van der Waals surface area contributed by atoms with E-state index >= 15 is 0 Å². The number of hydrogen-bond acceptors (Lipinski definition) is 3. The number of carbonyl (C=O) groups excluding carboxylic acids is 1. The first-order valence-electron chi connectivity index (χ1n) is 5.97. The monoisotopic (exact) mass is 345 g/mol. The Kier molecular flexibility index (Phi) is 3.54. The molecular weight excluding hydrogens is 339 g/mol. The highest BCUT2D eigenvalue weighted by atomic mass is 35.5. The first-order valence-corrected chi connectivity index (χ1v) is 6.72. The number of fused-ring (bicyclic) bond motifs is 3. The van der Waals surface area contributed by atoms with Crippen LogP contribution in [-0.2, 0) is 0 Å². The molecule has 0 bridgehead atoms. The molecule has 0 fully saturated rings. The molecular formula is C13H7Cl2F2N3O2. The van der Waals surface area contributed by atoms with Crippen molar-refractivity contribution in [2.24, 2.45) is 0 Å². The minimum Gasteiger partial charge on any atom is -0.408 e. The van der Waals surface area contributed by atoms with Gasteiger partial charge in [-0.15, -0.1) is 0 Å². The Hall–Kier alpha value is -2.12. The predicted octanol–water partition coefficient (Wildman–Crippen LogP) is 4.02. The summed E-state index contributed by atoms with van der Waals surface area (Å²) in [5, 5.41) is 2.25. The lowest BCUT2D eigenvalue weighted by Crippen LogP contribution is -2.22. The second kappa shape index (κ2) is 5.26. The lowest BCUT2D eigenvalue weighted by molar-refractivity contribution is 0.203. The number of halogens is 4. The van der Waals surface area contributed by atoms with Gasteiger partial charge in [0, 0.05) is 24.7 Å². The molecule has 3 rings (SSSR count). The summed E-state index contributed by atoms with van der Waals surface area (Å²) >= 11 is 11.9. The lowest BCUT2D eigenvalue weighted by atomic mass is 10.1. The van der Waals surface area contributed by atoms with Gasteiger partial charge in [-0.1, -0.05) is 23.2 Å². The SMILES string of the molecule is CNC(=O)Oc1cc(F)c(F)c2c1[nH]c1ncc(Cl)c(Cl)c12. The predicted molar refractivity (Wildman–Crippen MR) is 78.6 cm³/mol. The Bertz CT molecular complexity index is 927. The molecule has 114 valence electrons. The molecule has 0 unspecified atom stereocenters. The van der Waals surface area contributed by atoms with Gasteiger partial charge in [0.15, 0.2) is 17.4 Å². The maximum absolute atomic E-state index is 14.2. The summed E-state index contributed by atoms with van der Waals surface area (Å²) in [6.45, 7) is 0. The maximum Gasteiger partial charge on any atom is 0.412 e. The van der Waals surface area contributed by atoms with Gasteiger partial charge in [0.25, 0.3) is 0 Å². The number of rotatable bonds is 1. The fraction of sp³-hybridized carbons (Fsp3) is 0.0769. The van der Waals surface area contributed by atoms with Gasteiger partial charge in [-0.25, -0.2) is 18.6 Å². The molecule has 0 radical (unpaired) electrons. The van der Waals surface area contributed by atoms with E-state index in [9.17, 15) is 13.6 Å². The van der Waals surface area contributed by atoms with Gasteiger partial charge in [0.2, 0.25) is 0 Å². The van der Waals surface area contributed by atoms with E-state index in [2.05, 4.69) is 15.3 Å². The van der Waals surface area contributed by atoms with Crippen LogP contribution in [0.5, 0.6) is 5.75 Å². The third kappa shape index (κ3) is 2.13. The summed E-state index contributed by atoms with van der Waals surface area (Å²) in [5.74, 6) is -2.53. The summed E-state index contributed by atoms with van der Waals surface area (Å²) in [7, 11) is 1.34. The third-order valence-corrected chi connectivity index (χ3v) is 3.83. The summed E-state index contributed by atoms with van der Waals surface area (Å²) < 4.78 is 32.9. The molecule has 22 heavy (non-hydrogen) atoms. The first-order chi connectivity index (χ1) is 10.4. The average molecular weight is 346 g/mol. The van der Waals surface area contributed by atoms with Crippen molar-refractivity contribution in [3.05, 3.63) is 33.9 Å². The zero-order chi connectivity index (χ0) is 16.0. The molecule has 0 aliphatic carbocycles. The van der Waals surface area contributed by atoms with E-state index in [0.29, 0.717) is 0 Å². The summed E-state index contributed by atoms with van der Waals surface area (Å²) in [6.07, 6.45) is 0.442. The Labute approximate surface area is 132 Å². The third-order valence-electron chi connectivity index (χ3n) is 3.06. The van der Waals surface area contributed by atoms with Crippen molar-refractivity contribution < 1.29 is 18.3 Å². The average Bonchev–Trinajstić information content (AvgIpc) is 2.88. The molecule has 1 amide bonds. The number of amides is 1. The van der Waals surface area contributed by atoms with Crippen molar-refractivity contribution >= 4 is 51.2 Å². The van der Waals surface area contributed by atoms with Crippen LogP contribution in [0.15, 0.2) is 12.3 Å². The van der Waals surface area contributed by atoms with Gasteiger partial charge >= 0.3 is 6.09 Å². The zero-order valence-electron chi connectivity index (χ0n) is 10.9. The molecule has 0 aliphatic rings. The molecule has 2 N–H and O–H groups in total. The Morgan fingerprint density at radius 1 is 1.36 bits per heavy atom. The van der Waals surface area contributed by atoms with Crippen molar-refractivity contribution in [2.75, 3.05) is 7.05 Å². The normalized spacial score (nSPS) is 11.1. The standard InChI is InChI=1S/C13H7Cl2F2N3O2/c1-18-13(21)22-6-2-5(16)10(17)8-7-9(15)4(14)3-19-12(7)20-11(6)8/h2-3H,1H3,(H,18,21)(H,19,20). The van der Waals surface area contributed by atoms with E-state index < -0.39 is 17.7 Å². The second-order valence-corrected chi connectivity index (χ2v) is 5.11. The van der Waals surface area contributed by atoms with Crippen LogP contribution in [0, 0.1) is 11.6 Å². The number of hydrogen-bond donors (Lipinski definition) is 2. The number of ether oxygens (including phenoxy) is 1. The van der Waals surface area contributed by atoms with Gasteiger partial charge in [0.1, 0.15) is 5.65 Å². The topological polar surface area (TPSA) is 67.0 Å². The fourth-order valence-corrected chi connectivity index (χ4v) is 2.48. The van der Waals surface area contributed by atoms with Crippen LogP contribution in [0.25, 0.3) is 21.9 Å². The van der Waals surface area contributed by atoms with Gasteiger partial charge in [-0.2, -0.15) is 0 Å². The van der Waals surface area contributed by atoms with Crippen molar-refractivity contribution in [3.8, 4) is 5.75 Å². The van der Waals surface area contributed by atoms with E-state index in [0.717, 1.165) is 6.07 Å². The van der Waals surface area contributed by atoms with Crippen LogP contribution in [0.2, 0.25) is 10.0 Å². The number of pyridine rings is 1. The molecule has 0 saturated carbocycles. The van der Waals surface area contributed by atoms with E-state index in [4.69, 9.17) is 27.9 Å². The Morgan fingerprint density at radius 3 is 2.77 bits per heavy atom. The number of benzene rings is 1. The van der Waals surface area contributed by atoms with Gasteiger partial charge < -0.3 is 15.0 Å². The smallest absolute Gasteiger partial charge is 0.408 e. The summed E-state index contributed by atoms with van der Waals surface area (Å²) in [6, 6.07) is 0.762. The minimum atomic E-state index is -1.19. The molecule has 0 atom stereocenters. The summed E-state index contributed by atoms with van der Waals surface area (Å²) in [5.41, 5.74) is 0.241. The molecule has 0 saturated heterocycles. The quantitative estimate of drug-likeness (QED) is 0.699. The van der Waals surface area contributed by atoms with Crippen LogP contribution in [0.3, 0.4) is 0 Å². The van der Waals surface area contributed by atoms with Crippen molar-refractivity contribution in [1.29, 1.82) is 0 Å². The van der Waals surface area contributed by atoms with Crippen LogP contribution in [0.4, 0.5) is 13.6 Å². The van der Waals surface area contributed by atoms with E-state index in [1.165, 1.54) is 13.2 Å². The van der Waals surface area contributed by atoms with Gasteiger partial charge in [0.05, 0.1) is 20.9 Å². The number of nitrogens with one attached hydrogen (secondary N) is 2. The molecule has 9 heteroatoms. The zero-order valence-corrected chi connectivity index (χ0v) is 12.4. The van der Waals surface area contributed by atoms with Crippen molar-refractivity contribution in [3.63, 3.8) is 0 Å². The van der Waals surface area contributed by atoms with Crippen molar-refractivity contribution in [2.45, 2.75) is 0 Å². The molecule has 0 aliphatic heterocycles.